The second kappa shape index (κ2) is 5.80. The summed E-state index contributed by atoms with van der Waals surface area (Å²) in [7, 11) is 0. The molecule has 100 valence electrons. The molecule has 0 saturated heterocycles. The molecule has 5 heteroatoms. The third kappa shape index (κ3) is 3.29. The molecule has 0 bridgehead atoms. The number of nitrogens with two attached hydrogens (primary N) is 1. The summed E-state index contributed by atoms with van der Waals surface area (Å²) in [4.78, 5) is 16.3. The van der Waals surface area contributed by atoms with Gasteiger partial charge in [-0.05, 0) is 24.8 Å². The second-order valence-electron chi connectivity index (χ2n) is 5.37. The largest absolute Gasteiger partial charge is 0.350 e. The lowest BCUT2D eigenvalue weighted by Crippen LogP contribution is -2.34. The fraction of sp³-hybridized carbons (Fsp3) is 0.692. The predicted octanol–water partition coefficient (Wildman–Crippen LogP) is 1.95. The highest BCUT2D eigenvalue weighted by Gasteiger charge is 2.29. The molecule has 1 saturated carbocycles. The smallest absolute Gasteiger partial charge is 0.270 e. The fourth-order valence-electron chi connectivity index (χ4n) is 2.44. The number of rotatable bonds is 5. The highest BCUT2D eigenvalue weighted by atomic mass is 32.1. The van der Waals surface area contributed by atoms with Crippen LogP contribution in [0.4, 0.5) is 0 Å². The summed E-state index contributed by atoms with van der Waals surface area (Å²) in [5.41, 5.74) is 6.29. The molecule has 1 aliphatic rings. The number of hydrogen-bond donors (Lipinski definition) is 2. The maximum absolute atomic E-state index is 12.0. The summed E-state index contributed by atoms with van der Waals surface area (Å²) in [5.74, 6) is -0.0531. The van der Waals surface area contributed by atoms with Gasteiger partial charge < -0.3 is 11.1 Å². The zero-order chi connectivity index (χ0) is 13.0. The van der Waals surface area contributed by atoms with Gasteiger partial charge in [-0.25, -0.2) is 4.98 Å². The third-order valence-electron chi connectivity index (χ3n) is 3.63. The van der Waals surface area contributed by atoms with Gasteiger partial charge in [0.2, 0.25) is 0 Å². The van der Waals surface area contributed by atoms with Gasteiger partial charge in [0.25, 0.3) is 5.91 Å². The summed E-state index contributed by atoms with van der Waals surface area (Å²) >= 11 is 1.51. The minimum atomic E-state index is -0.0531. The molecule has 0 unspecified atom stereocenters. The molecule has 1 aliphatic carbocycles. The van der Waals surface area contributed by atoms with Crippen LogP contribution in [-0.4, -0.2) is 24.0 Å². The predicted molar refractivity (Wildman–Crippen MR) is 73.8 cm³/mol. The Morgan fingerprint density at radius 2 is 2.28 bits per heavy atom. The Hall–Kier alpha value is -0.940. The van der Waals surface area contributed by atoms with Gasteiger partial charge in [0, 0.05) is 18.3 Å². The van der Waals surface area contributed by atoms with Gasteiger partial charge in [0.05, 0.1) is 5.01 Å². The number of amides is 1. The molecular formula is C13H21N3OS. The van der Waals surface area contributed by atoms with Crippen LogP contribution in [0.25, 0.3) is 0 Å². The molecule has 2 rings (SSSR count). The van der Waals surface area contributed by atoms with E-state index < -0.39 is 0 Å². The van der Waals surface area contributed by atoms with Crippen LogP contribution in [-0.2, 0) is 6.42 Å². The zero-order valence-corrected chi connectivity index (χ0v) is 11.7. The van der Waals surface area contributed by atoms with Crippen LogP contribution in [0, 0.1) is 5.41 Å². The molecule has 4 nitrogen and oxygen atoms in total. The minimum absolute atomic E-state index is 0.0531. The summed E-state index contributed by atoms with van der Waals surface area (Å²) < 4.78 is 0. The summed E-state index contributed by atoms with van der Waals surface area (Å²) in [6.45, 7) is 3.59. The number of aromatic nitrogens is 1. The van der Waals surface area contributed by atoms with Crippen LogP contribution in [0.5, 0.6) is 0 Å². The standard InChI is InChI=1S/C13H21N3OS/c1-13(5-2-3-6-13)9-15-12(17)10-8-18-11(16-10)4-7-14/h8H,2-7,9,14H2,1H3,(H,15,17). The molecule has 0 radical (unpaired) electrons. The minimum Gasteiger partial charge on any atom is -0.350 e. The van der Waals surface area contributed by atoms with Crippen molar-refractivity contribution in [2.24, 2.45) is 11.1 Å². The maximum Gasteiger partial charge on any atom is 0.270 e. The molecule has 0 spiro atoms. The Labute approximate surface area is 112 Å². The number of nitrogens with one attached hydrogen (secondary N) is 1. The van der Waals surface area contributed by atoms with Crippen molar-refractivity contribution in [2.75, 3.05) is 13.1 Å². The highest BCUT2D eigenvalue weighted by Crippen LogP contribution is 2.36. The Morgan fingerprint density at radius 1 is 1.56 bits per heavy atom. The van der Waals surface area contributed by atoms with Crippen LogP contribution in [0.15, 0.2) is 5.38 Å². The van der Waals surface area contributed by atoms with Crippen LogP contribution in [0.1, 0.15) is 48.1 Å². The van der Waals surface area contributed by atoms with E-state index in [2.05, 4.69) is 17.2 Å². The Bertz CT molecular complexity index is 410. The van der Waals surface area contributed by atoms with Crippen LogP contribution in [0.3, 0.4) is 0 Å². The van der Waals surface area contributed by atoms with Gasteiger partial charge in [0.15, 0.2) is 0 Å². The number of hydrogen-bond acceptors (Lipinski definition) is 4. The van der Waals surface area contributed by atoms with Crippen LogP contribution < -0.4 is 11.1 Å². The molecule has 0 atom stereocenters. The van der Waals surface area contributed by atoms with E-state index in [1.807, 2.05) is 5.38 Å². The van der Waals surface area contributed by atoms with Gasteiger partial charge in [-0.1, -0.05) is 19.8 Å². The average Bonchev–Trinajstić information content (AvgIpc) is 2.97. The Kier molecular flexibility index (Phi) is 4.35. The zero-order valence-electron chi connectivity index (χ0n) is 10.9. The number of thiazole rings is 1. The SMILES string of the molecule is CC1(CNC(=O)c2csc(CCN)n2)CCCC1. The monoisotopic (exact) mass is 267 g/mol. The van der Waals surface area contributed by atoms with Gasteiger partial charge in [-0.2, -0.15) is 0 Å². The van der Waals surface area contributed by atoms with E-state index >= 15 is 0 Å². The van der Waals surface area contributed by atoms with Crippen molar-refractivity contribution in [1.29, 1.82) is 0 Å². The normalized spacial score (nSPS) is 17.9. The van der Waals surface area contributed by atoms with Crippen molar-refractivity contribution in [1.82, 2.24) is 10.3 Å². The van der Waals surface area contributed by atoms with Crippen LogP contribution >= 0.6 is 11.3 Å². The first-order chi connectivity index (χ1) is 8.63. The van der Waals surface area contributed by atoms with Crippen molar-refractivity contribution in [3.8, 4) is 0 Å². The first-order valence-electron chi connectivity index (χ1n) is 6.56. The van der Waals surface area contributed by atoms with E-state index in [0.717, 1.165) is 18.0 Å². The van der Waals surface area contributed by atoms with Crippen molar-refractivity contribution in [2.45, 2.75) is 39.0 Å². The summed E-state index contributed by atoms with van der Waals surface area (Å²) in [6.07, 6.45) is 5.73. The van der Waals surface area contributed by atoms with E-state index in [-0.39, 0.29) is 11.3 Å². The molecule has 1 fully saturated rings. The molecule has 3 N–H and O–H groups in total. The molecule has 1 aromatic rings. The first kappa shape index (κ1) is 13.5. The molecule has 1 aromatic heterocycles. The van der Waals surface area contributed by atoms with Crippen molar-refractivity contribution in [3.05, 3.63) is 16.1 Å². The Balaban J connectivity index is 1.87. The summed E-state index contributed by atoms with van der Waals surface area (Å²) in [6, 6.07) is 0. The maximum atomic E-state index is 12.0. The van der Waals surface area contributed by atoms with Gasteiger partial charge in [-0.3, -0.25) is 4.79 Å². The molecule has 1 amide bonds. The van der Waals surface area contributed by atoms with Gasteiger partial charge in [0.1, 0.15) is 5.69 Å². The van der Waals surface area contributed by atoms with Crippen LogP contribution in [0.2, 0.25) is 0 Å². The highest BCUT2D eigenvalue weighted by molar-refractivity contribution is 7.09. The number of carbonyl (C=O) groups excluding carboxylic acids is 1. The summed E-state index contributed by atoms with van der Waals surface area (Å²) in [5, 5.41) is 5.77. The molecule has 0 aliphatic heterocycles. The lowest BCUT2D eigenvalue weighted by Gasteiger charge is -2.23. The lowest BCUT2D eigenvalue weighted by atomic mass is 9.89. The second-order valence-corrected chi connectivity index (χ2v) is 6.31. The van der Waals surface area contributed by atoms with E-state index in [0.29, 0.717) is 12.2 Å². The van der Waals surface area contributed by atoms with E-state index in [1.165, 1.54) is 37.0 Å². The quantitative estimate of drug-likeness (QED) is 0.857. The third-order valence-corrected chi connectivity index (χ3v) is 4.54. The van der Waals surface area contributed by atoms with E-state index in [9.17, 15) is 4.79 Å². The fourth-order valence-corrected chi connectivity index (χ4v) is 3.24. The van der Waals surface area contributed by atoms with Gasteiger partial charge >= 0.3 is 0 Å². The number of carbonyl (C=O) groups is 1. The van der Waals surface area contributed by atoms with Crippen molar-refractivity contribution >= 4 is 17.2 Å². The topological polar surface area (TPSA) is 68.0 Å². The van der Waals surface area contributed by atoms with E-state index in [4.69, 9.17) is 5.73 Å². The lowest BCUT2D eigenvalue weighted by molar-refractivity contribution is 0.0930. The van der Waals surface area contributed by atoms with E-state index in [1.54, 1.807) is 0 Å². The Morgan fingerprint density at radius 3 is 2.94 bits per heavy atom. The van der Waals surface area contributed by atoms with Crippen molar-refractivity contribution < 1.29 is 4.79 Å². The molecular weight excluding hydrogens is 246 g/mol. The molecule has 0 aromatic carbocycles. The first-order valence-corrected chi connectivity index (χ1v) is 7.44. The van der Waals surface area contributed by atoms with Gasteiger partial charge in [-0.15, -0.1) is 11.3 Å². The molecule has 1 heterocycles. The average molecular weight is 267 g/mol. The molecule has 18 heavy (non-hydrogen) atoms. The number of nitrogens with zero attached hydrogens (tertiary/aromatic N) is 1. The van der Waals surface area contributed by atoms with Crippen molar-refractivity contribution in [3.63, 3.8) is 0 Å².